The lowest BCUT2D eigenvalue weighted by Gasteiger charge is -2.06. The van der Waals surface area contributed by atoms with Gasteiger partial charge in [-0.15, -0.1) is 0 Å². The van der Waals surface area contributed by atoms with Crippen molar-refractivity contribution in [3.05, 3.63) is 64.4 Å². The molecule has 4 heteroatoms. The molecule has 0 aromatic heterocycles. The van der Waals surface area contributed by atoms with Gasteiger partial charge in [-0.1, -0.05) is 17.7 Å². The highest BCUT2D eigenvalue weighted by atomic mass is 35.5. The second-order valence-electron chi connectivity index (χ2n) is 4.26. The van der Waals surface area contributed by atoms with Crippen molar-refractivity contribution >= 4 is 17.4 Å². The van der Waals surface area contributed by atoms with Crippen LogP contribution >= 0.6 is 11.6 Å². The summed E-state index contributed by atoms with van der Waals surface area (Å²) in [5, 5.41) is 0.268. The van der Waals surface area contributed by atoms with Crippen molar-refractivity contribution in [2.24, 2.45) is 0 Å². The summed E-state index contributed by atoms with van der Waals surface area (Å²) in [5.74, 6) is 0.0600. The summed E-state index contributed by atoms with van der Waals surface area (Å²) >= 11 is 5.92. The lowest BCUT2D eigenvalue weighted by atomic mass is 10.0. The zero-order valence-corrected chi connectivity index (χ0v) is 11.8. The molecule has 2 rings (SSSR count). The number of benzene rings is 2. The topological polar surface area (TPSA) is 26.3 Å². The Bertz CT molecular complexity index is 588. The molecule has 0 saturated heterocycles. The Morgan fingerprint density at radius 3 is 2.50 bits per heavy atom. The van der Waals surface area contributed by atoms with Gasteiger partial charge in [0.05, 0.1) is 6.61 Å². The monoisotopic (exact) mass is 292 g/mol. The quantitative estimate of drug-likeness (QED) is 0.768. The zero-order chi connectivity index (χ0) is 14.5. The number of halogens is 2. The Kier molecular flexibility index (Phi) is 4.74. The zero-order valence-electron chi connectivity index (χ0n) is 11.0. The molecule has 2 aromatic rings. The van der Waals surface area contributed by atoms with Gasteiger partial charge in [0.15, 0.2) is 5.78 Å². The van der Waals surface area contributed by atoms with E-state index in [1.54, 1.807) is 30.3 Å². The first kappa shape index (κ1) is 14.5. The fourth-order valence-corrected chi connectivity index (χ4v) is 2.10. The van der Waals surface area contributed by atoms with Crippen LogP contribution in [0.15, 0.2) is 42.5 Å². The number of ketones is 1. The SMILES string of the molecule is CCOc1ccc(C(=O)Cc2c(F)cccc2Cl)cc1. The van der Waals surface area contributed by atoms with Gasteiger partial charge in [-0.05, 0) is 43.3 Å². The van der Waals surface area contributed by atoms with Gasteiger partial charge in [0, 0.05) is 22.6 Å². The number of ether oxygens (including phenoxy) is 1. The van der Waals surface area contributed by atoms with Crippen LogP contribution in [0.3, 0.4) is 0 Å². The van der Waals surface area contributed by atoms with Gasteiger partial charge in [0.25, 0.3) is 0 Å². The van der Waals surface area contributed by atoms with Crippen LogP contribution in [0.5, 0.6) is 5.75 Å². The minimum Gasteiger partial charge on any atom is -0.494 e. The highest BCUT2D eigenvalue weighted by molar-refractivity contribution is 6.31. The molecule has 0 aliphatic carbocycles. The summed E-state index contributed by atoms with van der Waals surface area (Å²) in [4.78, 5) is 12.1. The van der Waals surface area contributed by atoms with Crippen molar-refractivity contribution in [3.8, 4) is 5.75 Å². The first-order chi connectivity index (χ1) is 9.61. The van der Waals surface area contributed by atoms with E-state index in [0.717, 1.165) is 0 Å². The van der Waals surface area contributed by atoms with Gasteiger partial charge < -0.3 is 4.74 Å². The fraction of sp³-hybridized carbons (Fsp3) is 0.188. The molecule has 0 aliphatic heterocycles. The van der Waals surface area contributed by atoms with E-state index in [1.807, 2.05) is 6.92 Å². The Labute approximate surface area is 122 Å². The van der Waals surface area contributed by atoms with Crippen molar-refractivity contribution in [3.63, 3.8) is 0 Å². The van der Waals surface area contributed by atoms with E-state index in [4.69, 9.17) is 16.3 Å². The molecule has 0 atom stereocenters. The highest BCUT2D eigenvalue weighted by Gasteiger charge is 2.13. The van der Waals surface area contributed by atoms with Crippen LogP contribution in [0.25, 0.3) is 0 Å². The summed E-state index contributed by atoms with van der Waals surface area (Å²) in [6.07, 6.45) is -0.0561. The maximum absolute atomic E-state index is 13.6. The third-order valence-corrected chi connectivity index (χ3v) is 3.24. The third-order valence-electron chi connectivity index (χ3n) is 2.89. The summed E-state index contributed by atoms with van der Waals surface area (Å²) in [7, 11) is 0. The van der Waals surface area contributed by atoms with Crippen LogP contribution < -0.4 is 4.74 Å². The van der Waals surface area contributed by atoms with Crippen LogP contribution in [0.1, 0.15) is 22.8 Å². The molecule has 20 heavy (non-hydrogen) atoms. The maximum atomic E-state index is 13.6. The van der Waals surface area contributed by atoms with Gasteiger partial charge in [0.1, 0.15) is 11.6 Å². The van der Waals surface area contributed by atoms with Crippen LogP contribution in [-0.2, 0) is 6.42 Å². The standard InChI is InChI=1S/C16H14ClFO2/c1-2-20-12-8-6-11(7-9-12)16(19)10-13-14(17)4-3-5-15(13)18/h3-9H,2,10H2,1H3. The number of hydrogen-bond acceptors (Lipinski definition) is 2. The molecular weight excluding hydrogens is 279 g/mol. The van der Waals surface area contributed by atoms with Crippen molar-refractivity contribution in [2.45, 2.75) is 13.3 Å². The molecule has 0 N–H and O–H groups in total. The predicted octanol–water partition coefficient (Wildman–Crippen LogP) is 4.30. The largest absolute Gasteiger partial charge is 0.494 e. The average Bonchev–Trinajstić information content (AvgIpc) is 2.44. The predicted molar refractivity (Wildman–Crippen MR) is 77.1 cm³/mol. The van der Waals surface area contributed by atoms with E-state index in [2.05, 4.69) is 0 Å². The Balaban J connectivity index is 2.16. The molecule has 104 valence electrons. The van der Waals surface area contributed by atoms with Gasteiger partial charge in [0.2, 0.25) is 0 Å². The number of carbonyl (C=O) groups is 1. The van der Waals surface area contributed by atoms with Crippen molar-refractivity contribution in [1.29, 1.82) is 0 Å². The van der Waals surface area contributed by atoms with E-state index in [9.17, 15) is 9.18 Å². The minimum atomic E-state index is -0.461. The number of Topliss-reactive ketones (excluding diaryl/α,β-unsaturated/α-hetero) is 1. The van der Waals surface area contributed by atoms with E-state index in [0.29, 0.717) is 17.9 Å². The molecule has 0 fully saturated rings. The third kappa shape index (κ3) is 3.36. The first-order valence-corrected chi connectivity index (χ1v) is 6.68. The Hall–Kier alpha value is -1.87. The number of rotatable bonds is 5. The fourth-order valence-electron chi connectivity index (χ4n) is 1.87. The van der Waals surface area contributed by atoms with Gasteiger partial charge in [-0.2, -0.15) is 0 Å². The Morgan fingerprint density at radius 2 is 1.90 bits per heavy atom. The molecule has 0 aliphatic rings. The normalized spacial score (nSPS) is 10.3. The first-order valence-electron chi connectivity index (χ1n) is 6.30. The molecule has 0 heterocycles. The molecule has 2 aromatic carbocycles. The van der Waals surface area contributed by atoms with E-state index in [1.165, 1.54) is 12.1 Å². The molecule has 2 nitrogen and oxygen atoms in total. The molecule has 0 spiro atoms. The van der Waals surface area contributed by atoms with Crippen LogP contribution in [0.2, 0.25) is 5.02 Å². The molecular formula is C16H14ClFO2. The molecule has 0 amide bonds. The van der Waals surface area contributed by atoms with Gasteiger partial charge >= 0.3 is 0 Å². The summed E-state index contributed by atoms with van der Waals surface area (Å²) < 4.78 is 18.9. The lowest BCUT2D eigenvalue weighted by molar-refractivity contribution is 0.0992. The van der Waals surface area contributed by atoms with Gasteiger partial charge in [-0.3, -0.25) is 4.79 Å². The van der Waals surface area contributed by atoms with Crippen LogP contribution in [0, 0.1) is 5.82 Å². The lowest BCUT2D eigenvalue weighted by Crippen LogP contribution is -2.06. The summed E-state index contributed by atoms with van der Waals surface area (Å²) in [6.45, 7) is 2.46. The molecule has 0 saturated carbocycles. The highest BCUT2D eigenvalue weighted by Crippen LogP contribution is 2.21. The van der Waals surface area contributed by atoms with Crippen LogP contribution in [-0.4, -0.2) is 12.4 Å². The summed E-state index contributed by atoms with van der Waals surface area (Å²) in [5.41, 5.74) is 0.737. The maximum Gasteiger partial charge on any atom is 0.167 e. The molecule has 0 radical (unpaired) electrons. The number of hydrogen-bond donors (Lipinski definition) is 0. The van der Waals surface area contributed by atoms with Crippen molar-refractivity contribution in [1.82, 2.24) is 0 Å². The second-order valence-corrected chi connectivity index (χ2v) is 4.66. The molecule has 0 bridgehead atoms. The van der Waals surface area contributed by atoms with Crippen molar-refractivity contribution < 1.29 is 13.9 Å². The van der Waals surface area contributed by atoms with Crippen LogP contribution in [0.4, 0.5) is 4.39 Å². The van der Waals surface area contributed by atoms with Crippen molar-refractivity contribution in [2.75, 3.05) is 6.61 Å². The van der Waals surface area contributed by atoms with Gasteiger partial charge in [-0.25, -0.2) is 4.39 Å². The second kappa shape index (κ2) is 6.53. The smallest absolute Gasteiger partial charge is 0.167 e. The Morgan fingerprint density at radius 1 is 1.20 bits per heavy atom. The molecule has 0 unspecified atom stereocenters. The number of carbonyl (C=O) groups excluding carboxylic acids is 1. The average molecular weight is 293 g/mol. The van der Waals surface area contributed by atoms with E-state index < -0.39 is 5.82 Å². The summed E-state index contributed by atoms with van der Waals surface area (Å²) in [6, 6.07) is 11.2. The minimum absolute atomic E-state index is 0.0561. The van der Waals surface area contributed by atoms with E-state index in [-0.39, 0.29) is 22.8 Å². The van der Waals surface area contributed by atoms with E-state index >= 15 is 0 Å².